The lowest BCUT2D eigenvalue weighted by atomic mass is 10.0. The summed E-state index contributed by atoms with van der Waals surface area (Å²) in [7, 11) is 1.62. The molecule has 0 aliphatic rings. The second kappa shape index (κ2) is 6.64. The molecule has 2 rings (SSSR count). The molecule has 3 heteroatoms. The Kier molecular flexibility index (Phi) is 4.86. The molecule has 1 atom stereocenters. The monoisotopic (exact) mass is 285 g/mol. The fourth-order valence-corrected chi connectivity index (χ4v) is 2.29. The van der Waals surface area contributed by atoms with Gasteiger partial charge < -0.3 is 15.2 Å². The molecule has 0 heterocycles. The summed E-state index contributed by atoms with van der Waals surface area (Å²) in [6, 6.07) is 12.0. The van der Waals surface area contributed by atoms with Gasteiger partial charge in [-0.05, 0) is 56.2 Å². The molecule has 112 valence electrons. The van der Waals surface area contributed by atoms with Gasteiger partial charge in [0.15, 0.2) is 0 Å². The fraction of sp³-hybridized carbons (Fsp3) is 0.333. The highest BCUT2D eigenvalue weighted by Gasteiger charge is 2.13. The molecular formula is C18H23NO2. The zero-order valence-corrected chi connectivity index (χ0v) is 13.1. The van der Waals surface area contributed by atoms with Crippen molar-refractivity contribution in [3.63, 3.8) is 0 Å². The quantitative estimate of drug-likeness (QED) is 0.878. The molecule has 0 saturated carbocycles. The second-order valence-corrected chi connectivity index (χ2v) is 5.44. The van der Waals surface area contributed by atoms with Crippen molar-refractivity contribution in [1.29, 1.82) is 0 Å². The van der Waals surface area contributed by atoms with Crippen LogP contribution in [0.1, 0.15) is 28.4 Å². The minimum Gasteiger partial charge on any atom is -0.496 e. The fourth-order valence-electron chi connectivity index (χ4n) is 2.29. The maximum absolute atomic E-state index is 10.4. The summed E-state index contributed by atoms with van der Waals surface area (Å²) in [5.74, 6) is 0.718. The van der Waals surface area contributed by atoms with E-state index in [9.17, 15) is 5.11 Å². The zero-order chi connectivity index (χ0) is 15.4. The number of rotatable bonds is 5. The third-order valence-electron chi connectivity index (χ3n) is 3.75. The number of hydrogen-bond acceptors (Lipinski definition) is 3. The van der Waals surface area contributed by atoms with Crippen molar-refractivity contribution >= 4 is 5.69 Å². The lowest BCUT2D eigenvalue weighted by Gasteiger charge is -2.17. The van der Waals surface area contributed by atoms with E-state index < -0.39 is 6.10 Å². The predicted octanol–water partition coefficient (Wildman–Crippen LogP) is 3.77. The first-order valence-electron chi connectivity index (χ1n) is 7.15. The molecular weight excluding hydrogens is 262 g/mol. The van der Waals surface area contributed by atoms with E-state index >= 15 is 0 Å². The minimum absolute atomic E-state index is 0.447. The van der Waals surface area contributed by atoms with E-state index in [1.54, 1.807) is 7.11 Å². The first-order chi connectivity index (χ1) is 10.0. The maximum Gasteiger partial charge on any atom is 0.124 e. The Bertz CT molecular complexity index is 623. The van der Waals surface area contributed by atoms with Gasteiger partial charge in [-0.2, -0.15) is 0 Å². The van der Waals surface area contributed by atoms with Gasteiger partial charge in [-0.1, -0.05) is 17.7 Å². The standard InChI is InChI=1S/C18H23NO2/c1-12-5-8-18(21-4)16(9-12)17(20)11-19-15-7-6-13(2)14(3)10-15/h5-10,17,19-20H,11H2,1-4H3. The van der Waals surface area contributed by atoms with Crippen molar-refractivity contribution < 1.29 is 9.84 Å². The number of anilines is 1. The molecule has 2 N–H and O–H groups in total. The molecule has 0 spiro atoms. The van der Waals surface area contributed by atoms with Gasteiger partial charge in [-0.15, -0.1) is 0 Å². The van der Waals surface area contributed by atoms with Crippen LogP contribution < -0.4 is 10.1 Å². The normalized spacial score (nSPS) is 12.0. The van der Waals surface area contributed by atoms with Gasteiger partial charge in [0, 0.05) is 17.8 Å². The lowest BCUT2D eigenvalue weighted by Crippen LogP contribution is -2.13. The minimum atomic E-state index is -0.610. The van der Waals surface area contributed by atoms with E-state index in [4.69, 9.17) is 4.74 Å². The third kappa shape index (κ3) is 3.76. The van der Waals surface area contributed by atoms with E-state index in [-0.39, 0.29) is 0 Å². The van der Waals surface area contributed by atoms with E-state index in [0.717, 1.165) is 22.6 Å². The van der Waals surface area contributed by atoms with Gasteiger partial charge in [-0.25, -0.2) is 0 Å². The van der Waals surface area contributed by atoms with E-state index in [0.29, 0.717) is 6.54 Å². The molecule has 0 bridgehead atoms. The third-order valence-corrected chi connectivity index (χ3v) is 3.75. The molecule has 0 radical (unpaired) electrons. The average molecular weight is 285 g/mol. The Morgan fingerprint density at radius 2 is 1.81 bits per heavy atom. The Balaban J connectivity index is 2.09. The number of aryl methyl sites for hydroxylation is 3. The van der Waals surface area contributed by atoms with Crippen molar-refractivity contribution in [1.82, 2.24) is 0 Å². The summed E-state index contributed by atoms with van der Waals surface area (Å²) < 4.78 is 5.32. The number of aliphatic hydroxyl groups is 1. The molecule has 1 unspecified atom stereocenters. The van der Waals surface area contributed by atoms with Crippen LogP contribution in [0, 0.1) is 20.8 Å². The highest BCUT2D eigenvalue weighted by Crippen LogP contribution is 2.26. The van der Waals surface area contributed by atoms with Crippen LogP contribution in [0.15, 0.2) is 36.4 Å². The first kappa shape index (κ1) is 15.4. The summed E-state index contributed by atoms with van der Waals surface area (Å²) in [4.78, 5) is 0. The summed E-state index contributed by atoms with van der Waals surface area (Å²) in [6.07, 6.45) is -0.610. The summed E-state index contributed by atoms with van der Waals surface area (Å²) in [5.41, 5.74) is 5.44. The zero-order valence-electron chi connectivity index (χ0n) is 13.1. The topological polar surface area (TPSA) is 41.5 Å². The highest BCUT2D eigenvalue weighted by atomic mass is 16.5. The molecule has 0 saturated heterocycles. The molecule has 0 amide bonds. The largest absolute Gasteiger partial charge is 0.496 e. The van der Waals surface area contributed by atoms with Crippen LogP contribution >= 0.6 is 0 Å². The summed E-state index contributed by atoms with van der Waals surface area (Å²) in [5, 5.41) is 13.7. The smallest absolute Gasteiger partial charge is 0.124 e. The lowest BCUT2D eigenvalue weighted by molar-refractivity contribution is 0.187. The Morgan fingerprint density at radius 3 is 2.48 bits per heavy atom. The van der Waals surface area contributed by atoms with Crippen molar-refractivity contribution in [2.45, 2.75) is 26.9 Å². The van der Waals surface area contributed by atoms with Crippen LogP contribution in [0.4, 0.5) is 5.69 Å². The van der Waals surface area contributed by atoms with Crippen molar-refractivity contribution in [3.8, 4) is 5.75 Å². The summed E-state index contributed by atoms with van der Waals surface area (Å²) >= 11 is 0. The molecule has 0 aliphatic carbocycles. The van der Waals surface area contributed by atoms with Crippen molar-refractivity contribution in [2.75, 3.05) is 19.0 Å². The van der Waals surface area contributed by atoms with Crippen LogP contribution in [-0.2, 0) is 0 Å². The number of ether oxygens (including phenoxy) is 1. The molecule has 21 heavy (non-hydrogen) atoms. The first-order valence-corrected chi connectivity index (χ1v) is 7.15. The molecule has 2 aromatic carbocycles. The Morgan fingerprint density at radius 1 is 1.05 bits per heavy atom. The van der Waals surface area contributed by atoms with Crippen LogP contribution in [0.2, 0.25) is 0 Å². The number of methoxy groups -OCH3 is 1. The number of benzene rings is 2. The number of aliphatic hydroxyl groups excluding tert-OH is 1. The summed E-state index contributed by atoms with van der Waals surface area (Å²) in [6.45, 7) is 6.63. The second-order valence-electron chi connectivity index (χ2n) is 5.44. The predicted molar refractivity (Wildman–Crippen MR) is 87.1 cm³/mol. The van der Waals surface area contributed by atoms with E-state index in [1.165, 1.54) is 11.1 Å². The highest BCUT2D eigenvalue weighted by molar-refractivity contribution is 5.48. The SMILES string of the molecule is COc1ccc(C)cc1C(O)CNc1ccc(C)c(C)c1. The van der Waals surface area contributed by atoms with Crippen LogP contribution in [0.3, 0.4) is 0 Å². The number of hydrogen-bond donors (Lipinski definition) is 2. The van der Waals surface area contributed by atoms with Crippen LogP contribution in [0.5, 0.6) is 5.75 Å². The molecule has 0 fully saturated rings. The molecule has 2 aromatic rings. The van der Waals surface area contributed by atoms with Crippen LogP contribution in [-0.4, -0.2) is 18.8 Å². The van der Waals surface area contributed by atoms with Crippen molar-refractivity contribution in [2.24, 2.45) is 0 Å². The Labute approximate surface area is 126 Å². The maximum atomic E-state index is 10.4. The van der Waals surface area contributed by atoms with Gasteiger partial charge >= 0.3 is 0 Å². The Hall–Kier alpha value is -2.00. The van der Waals surface area contributed by atoms with Gasteiger partial charge in [0.2, 0.25) is 0 Å². The van der Waals surface area contributed by atoms with Gasteiger partial charge in [0.05, 0.1) is 13.2 Å². The van der Waals surface area contributed by atoms with Gasteiger partial charge in [0.25, 0.3) is 0 Å². The van der Waals surface area contributed by atoms with Crippen LogP contribution in [0.25, 0.3) is 0 Å². The van der Waals surface area contributed by atoms with Gasteiger partial charge in [0.1, 0.15) is 5.75 Å². The molecule has 0 aromatic heterocycles. The number of nitrogens with one attached hydrogen (secondary N) is 1. The van der Waals surface area contributed by atoms with Gasteiger partial charge in [-0.3, -0.25) is 0 Å². The van der Waals surface area contributed by atoms with E-state index in [2.05, 4.69) is 31.3 Å². The molecule has 3 nitrogen and oxygen atoms in total. The average Bonchev–Trinajstić information content (AvgIpc) is 2.48. The van der Waals surface area contributed by atoms with E-state index in [1.807, 2.05) is 31.2 Å². The molecule has 0 aliphatic heterocycles. The van der Waals surface area contributed by atoms with Crippen molar-refractivity contribution in [3.05, 3.63) is 58.7 Å².